The Kier molecular flexibility index (Phi) is 5.85. The molecule has 2 N–H and O–H groups in total. The minimum absolute atomic E-state index is 0.0739. The number of ether oxygens (including phenoxy) is 3. The SMILES string of the molecule is COc1ccc(Oc2coc3cc(OCc4ccc([NH+]([O-])O)cc4)ccc3c2=O)cc1. The molecule has 0 bridgehead atoms. The first-order chi connectivity index (χ1) is 15.0. The highest BCUT2D eigenvalue weighted by atomic mass is 16.8. The van der Waals surface area contributed by atoms with Gasteiger partial charge in [0.2, 0.25) is 11.2 Å². The number of methoxy groups -OCH3 is 1. The third-order valence-corrected chi connectivity index (χ3v) is 4.61. The van der Waals surface area contributed by atoms with Crippen molar-refractivity contribution < 1.29 is 29.1 Å². The summed E-state index contributed by atoms with van der Waals surface area (Å²) in [6.07, 6.45) is 1.27. The summed E-state index contributed by atoms with van der Waals surface area (Å²) in [4.78, 5) is 12.7. The lowest BCUT2D eigenvalue weighted by molar-refractivity contribution is -0.991. The molecule has 1 unspecified atom stereocenters. The molecule has 0 radical (unpaired) electrons. The van der Waals surface area contributed by atoms with Gasteiger partial charge in [-0.3, -0.25) is 4.79 Å². The summed E-state index contributed by atoms with van der Waals surface area (Å²) < 4.78 is 22.1. The Morgan fingerprint density at radius 1 is 0.968 bits per heavy atom. The van der Waals surface area contributed by atoms with E-state index in [1.54, 1.807) is 61.7 Å². The lowest BCUT2D eigenvalue weighted by Gasteiger charge is -2.12. The fraction of sp³-hybridized carbons (Fsp3) is 0.0870. The van der Waals surface area contributed by atoms with Crippen molar-refractivity contribution in [3.05, 3.63) is 94.0 Å². The smallest absolute Gasteiger partial charge is 0.235 e. The monoisotopic (exact) mass is 421 g/mol. The van der Waals surface area contributed by atoms with Crippen molar-refractivity contribution in [1.29, 1.82) is 0 Å². The summed E-state index contributed by atoms with van der Waals surface area (Å²) in [6.45, 7) is 0.244. The molecule has 0 aliphatic rings. The summed E-state index contributed by atoms with van der Waals surface area (Å²) in [5.74, 6) is 1.76. The number of fused-ring (bicyclic) bond motifs is 1. The fourth-order valence-electron chi connectivity index (χ4n) is 2.93. The number of hydrogen-bond acceptors (Lipinski definition) is 7. The average molecular weight is 421 g/mol. The summed E-state index contributed by atoms with van der Waals surface area (Å²) in [7, 11) is 1.57. The Morgan fingerprint density at radius 2 is 1.65 bits per heavy atom. The molecule has 158 valence electrons. The van der Waals surface area contributed by atoms with Gasteiger partial charge in [0.25, 0.3) is 0 Å². The third kappa shape index (κ3) is 4.67. The highest BCUT2D eigenvalue weighted by Gasteiger charge is 2.11. The molecule has 3 aromatic carbocycles. The zero-order valence-corrected chi connectivity index (χ0v) is 16.5. The first-order valence-electron chi connectivity index (χ1n) is 9.36. The van der Waals surface area contributed by atoms with Crippen molar-refractivity contribution in [2.45, 2.75) is 6.61 Å². The van der Waals surface area contributed by atoms with E-state index >= 15 is 0 Å². The van der Waals surface area contributed by atoms with Gasteiger partial charge in [-0.05, 0) is 54.1 Å². The quantitative estimate of drug-likeness (QED) is 0.440. The van der Waals surface area contributed by atoms with Crippen molar-refractivity contribution in [2.75, 3.05) is 7.11 Å². The fourth-order valence-corrected chi connectivity index (χ4v) is 2.93. The Labute approximate surface area is 177 Å². The van der Waals surface area contributed by atoms with Crippen molar-refractivity contribution in [3.63, 3.8) is 0 Å². The average Bonchev–Trinajstić information content (AvgIpc) is 2.80. The molecule has 31 heavy (non-hydrogen) atoms. The van der Waals surface area contributed by atoms with Crippen LogP contribution in [0, 0.1) is 5.21 Å². The summed E-state index contributed by atoms with van der Waals surface area (Å²) in [5, 5.41) is 19.2. The summed E-state index contributed by atoms with van der Waals surface area (Å²) in [6, 6.07) is 18.2. The molecular weight excluding hydrogens is 402 g/mol. The van der Waals surface area contributed by atoms with Gasteiger partial charge in [-0.15, -0.1) is 0 Å². The van der Waals surface area contributed by atoms with E-state index in [-0.39, 0.29) is 23.5 Å². The van der Waals surface area contributed by atoms with Gasteiger partial charge in [-0.2, -0.15) is 5.23 Å². The van der Waals surface area contributed by atoms with E-state index < -0.39 is 5.23 Å². The molecule has 4 aromatic rings. The van der Waals surface area contributed by atoms with E-state index in [2.05, 4.69) is 0 Å². The van der Waals surface area contributed by atoms with Crippen molar-refractivity contribution in [3.8, 4) is 23.0 Å². The van der Waals surface area contributed by atoms with Gasteiger partial charge < -0.3 is 23.8 Å². The molecule has 0 aliphatic heterocycles. The van der Waals surface area contributed by atoms with Gasteiger partial charge >= 0.3 is 0 Å². The van der Waals surface area contributed by atoms with Crippen LogP contribution in [0.1, 0.15) is 5.56 Å². The van der Waals surface area contributed by atoms with Crippen LogP contribution in [0.3, 0.4) is 0 Å². The Balaban J connectivity index is 1.49. The Bertz CT molecular complexity index is 1230. The van der Waals surface area contributed by atoms with Crippen molar-refractivity contribution in [2.24, 2.45) is 0 Å². The van der Waals surface area contributed by atoms with Crippen LogP contribution in [0.25, 0.3) is 11.0 Å². The van der Waals surface area contributed by atoms with Crippen LogP contribution < -0.4 is 24.9 Å². The first-order valence-corrected chi connectivity index (χ1v) is 9.36. The maximum Gasteiger partial charge on any atom is 0.235 e. The molecule has 1 aromatic heterocycles. The van der Waals surface area contributed by atoms with Crippen LogP contribution in [-0.4, -0.2) is 12.3 Å². The second-order valence-electron chi connectivity index (χ2n) is 6.66. The van der Waals surface area contributed by atoms with E-state index in [0.29, 0.717) is 28.2 Å². The predicted molar refractivity (Wildman–Crippen MR) is 112 cm³/mol. The van der Waals surface area contributed by atoms with E-state index in [1.165, 1.54) is 18.4 Å². The zero-order chi connectivity index (χ0) is 21.8. The zero-order valence-electron chi connectivity index (χ0n) is 16.5. The molecule has 0 saturated carbocycles. The van der Waals surface area contributed by atoms with Gasteiger partial charge in [-0.1, -0.05) is 0 Å². The minimum Gasteiger partial charge on any atom is -0.595 e. The number of hydrogen-bond donors (Lipinski definition) is 2. The largest absolute Gasteiger partial charge is 0.595 e. The molecule has 8 nitrogen and oxygen atoms in total. The minimum atomic E-state index is -0.979. The van der Waals surface area contributed by atoms with Crippen LogP contribution in [0.5, 0.6) is 23.0 Å². The molecular formula is C23H19NO7. The second-order valence-corrected chi connectivity index (χ2v) is 6.66. The standard InChI is InChI=1S/C23H19NO7/c1-28-17-6-8-18(9-7-17)31-22-14-30-21-12-19(10-11-20(21)23(22)25)29-13-15-2-4-16(5-3-15)24(26)27/h2-12,14,24,26H,13H2,1H3. The molecule has 4 rings (SSSR count). The predicted octanol–water partition coefficient (Wildman–Crippen LogP) is 3.58. The molecule has 1 atom stereocenters. The molecule has 0 spiro atoms. The third-order valence-electron chi connectivity index (χ3n) is 4.61. The highest BCUT2D eigenvalue weighted by Crippen LogP contribution is 2.25. The van der Waals surface area contributed by atoms with Crippen LogP contribution in [0.2, 0.25) is 0 Å². The second kappa shape index (κ2) is 8.88. The Morgan fingerprint density at radius 3 is 2.32 bits per heavy atom. The van der Waals surface area contributed by atoms with E-state index in [0.717, 1.165) is 5.56 Å². The van der Waals surface area contributed by atoms with Gasteiger partial charge in [0.05, 0.1) is 12.5 Å². The van der Waals surface area contributed by atoms with Gasteiger partial charge in [0, 0.05) is 18.2 Å². The maximum absolute atomic E-state index is 12.7. The summed E-state index contributed by atoms with van der Waals surface area (Å²) in [5.41, 5.74) is 1.09. The van der Waals surface area contributed by atoms with Crippen LogP contribution in [-0.2, 0) is 6.61 Å². The van der Waals surface area contributed by atoms with Crippen molar-refractivity contribution in [1.82, 2.24) is 0 Å². The first kappa shape index (κ1) is 20.4. The molecule has 0 aliphatic carbocycles. The van der Waals surface area contributed by atoms with Gasteiger partial charge in [-0.25, -0.2) is 5.21 Å². The molecule has 1 heterocycles. The Hall–Kier alpha value is -3.85. The number of quaternary nitrogens is 1. The van der Waals surface area contributed by atoms with E-state index in [1.807, 2.05) is 0 Å². The van der Waals surface area contributed by atoms with Crippen LogP contribution in [0.15, 0.2) is 82.2 Å². The normalized spacial score (nSPS) is 11.8. The van der Waals surface area contributed by atoms with Crippen molar-refractivity contribution >= 4 is 16.7 Å². The highest BCUT2D eigenvalue weighted by molar-refractivity contribution is 5.79. The lowest BCUT2D eigenvalue weighted by atomic mass is 10.2. The van der Waals surface area contributed by atoms with Crippen LogP contribution >= 0.6 is 0 Å². The van der Waals surface area contributed by atoms with Gasteiger partial charge in [0.15, 0.2) is 5.69 Å². The maximum atomic E-state index is 12.7. The number of nitrogens with one attached hydrogen (secondary N) is 1. The van der Waals surface area contributed by atoms with E-state index in [4.69, 9.17) is 23.8 Å². The lowest BCUT2D eigenvalue weighted by Crippen LogP contribution is -2.99. The molecule has 0 fully saturated rings. The van der Waals surface area contributed by atoms with E-state index in [9.17, 15) is 10.0 Å². The topological polar surface area (TPSA) is 106 Å². The molecule has 0 saturated heterocycles. The summed E-state index contributed by atoms with van der Waals surface area (Å²) >= 11 is 0. The van der Waals surface area contributed by atoms with Crippen LogP contribution in [0.4, 0.5) is 5.69 Å². The number of rotatable bonds is 7. The molecule has 0 amide bonds. The number of benzene rings is 3. The molecule has 8 heteroatoms. The van der Waals surface area contributed by atoms with Gasteiger partial charge in [0.1, 0.15) is 35.7 Å².